The lowest BCUT2D eigenvalue weighted by atomic mass is 9.97. The van der Waals surface area contributed by atoms with Crippen LogP contribution in [-0.4, -0.2) is 45.4 Å². The second-order valence-electron chi connectivity index (χ2n) is 10.2. The molecule has 184 valence electrons. The van der Waals surface area contributed by atoms with E-state index in [9.17, 15) is 4.79 Å². The van der Waals surface area contributed by atoms with Gasteiger partial charge in [-0.3, -0.25) is 14.6 Å². The number of nitrogens with zero attached hydrogens (tertiary/aromatic N) is 5. The molecule has 6 nitrogen and oxygen atoms in total. The molecular weight excluding hydrogens is 458 g/mol. The van der Waals surface area contributed by atoms with Crippen LogP contribution in [0.2, 0.25) is 0 Å². The third-order valence-electron chi connectivity index (χ3n) is 7.97. The minimum absolute atomic E-state index is 0.0315. The number of carbonyl (C=O) groups is 1. The van der Waals surface area contributed by atoms with Crippen molar-refractivity contribution >= 4 is 17.7 Å². The maximum atomic E-state index is 13.8. The third kappa shape index (κ3) is 3.58. The van der Waals surface area contributed by atoms with E-state index in [0.29, 0.717) is 18.7 Å². The number of carbonyl (C=O) groups excluding carboxylic acids is 1. The normalized spacial score (nSPS) is 20.0. The Morgan fingerprint density at radius 3 is 2.43 bits per heavy atom. The zero-order valence-corrected chi connectivity index (χ0v) is 20.9. The molecule has 7 rings (SSSR count). The third-order valence-corrected chi connectivity index (χ3v) is 7.97. The average molecular weight is 488 g/mol. The van der Waals surface area contributed by atoms with Crippen molar-refractivity contribution < 1.29 is 4.79 Å². The summed E-state index contributed by atoms with van der Waals surface area (Å²) in [4.78, 5) is 28.0. The smallest absolute Gasteiger partial charge is 0.280 e. The molecule has 0 unspecified atom stereocenters. The van der Waals surface area contributed by atoms with Crippen molar-refractivity contribution in [1.82, 2.24) is 14.5 Å². The Hall–Kier alpha value is -4.19. The van der Waals surface area contributed by atoms with Crippen LogP contribution in [0.5, 0.6) is 0 Å². The highest BCUT2D eigenvalue weighted by atomic mass is 16.2. The number of amides is 1. The van der Waals surface area contributed by atoms with E-state index in [1.54, 1.807) is 4.90 Å². The van der Waals surface area contributed by atoms with Crippen LogP contribution in [0.4, 0.5) is 5.82 Å². The van der Waals surface area contributed by atoms with Gasteiger partial charge in [0.05, 0.1) is 12.1 Å². The summed E-state index contributed by atoms with van der Waals surface area (Å²) < 4.78 is 2.14. The van der Waals surface area contributed by atoms with E-state index in [-0.39, 0.29) is 18.0 Å². The van der Waals surface area contributed by atoms with Crippen LogP contribution in [0, 0.1) is 0 Å². The molecule has 4 aromatic rings. The van der Waals surface area contributed by atoms with E-state index in [1.165, 1.54) is 16.7 Å². The van der Waals surface area contributed by atoms with Crippen molar-refractivity contribution in [3.63, 3.8) is 0 Å². The summed E-state index contributed by atoms with van der Waals surface area (Å²) in [5.41, 5.74) is 5.39. The molecule has 1 aliphatic carbocycles. The highest BCUT2D eigenvalue weighted by Gasteiger charge is 2.49. The molecule has 37 heavy (non-hydrogen) atoms. The van der Waals surface area contributed by atoms with Gasteiger partial charge >= 0.3 is 0 Å². The van der Waals surface area contributed by atoms with Crippen LogP contribution >= 0.6 is 0 Å². The largest absolute Gasteiger partial charge is 0.317 e. The minimum atomic E-state index is -0.0315. The van der Waals surface area contributed by atoms with Crippen LogP contribution < -0.4 is 4.90 Å². The molecule has 1 fully saturated rings. The summed E-state index contributed by atoms with van der Waals surface area (Å²) in [5.74, 6) is 2.41. The molecule has 3 aromatic carbocycles. The Bertz CT molecular complexity index is 1510. The van der Waals surface area contributed by atoms with Gasteiger partial charge in [-0.25, -0.2) is 9.98 Å². The predicted molar refractivity (Wildman–Crippen MR) is 146 cm³/mol. The van der Waals surface area contributed by atoms with Crippen molar-refractivity contribution in [1.29, 1.82) is 0 Å². The van der Waals surface area contributed by atoms with Crippen molar-refractivity contribution in [3.05, 3.63) is 108 Å². The molecule has 0 spiro atoms. The number of benzene rings is 3. The Labute approximate surface area is 216 Å². The van der Waals surface area contributed by atoms with E-state index < -0.39 is 0 Å². The topological polar surface area (TPSA) is 53.7 Å². The highest BCUT2D eigenvalue weighted by Crippen LogP contribution is 2.41. The Balaban J connectivity index is 1.38. The van der Waals surface area contributed by atoms with Gasteiger partial charge in [0.25, 0.3) is 5.91 Å². The van der Waals surface area contributed by atoms with Crippen LogP contribution in [0.15, 0.2) is 89.9 Å². The number of aliphatic imine (C=N–C) groups is 1. The molecule has 0 saturated heterocycles. The fourth-order valence-corrected chi connectivity index (χ4v) is 6.16. The Morgan fingerprint density at radius 1 is 0.892 bits per heavy atom. The van der Waals surface area contributed by atoms with Gasteiger partial charge in [0.1, 0.15) is 5.82 Å². The summed E-state index contributed by atoms with van der Waals surface area (Å²) in [5, 5.41) is 0. The lowest BCUT2D eigenvalue weighted by molar-refractivity contribution is 0.0854. The molecule has 3 aliphatic rings. The van der Waals surface area contributed by atoms with Crippen LogP contribution in [0.3, 0.4) is 0 Å². The summed E-state index contributed by atoms with van der Waals surface area (Å²) in [6, 6.07) is 29.9. The number of aromatic nitrogens is 2. The molecule has 0 radical (unpaired) electrons. The molecule has 2 atom stereocenters. The second-order valence-corrected chi connectivity index (χ2v) is 10.2. The monoisotopic (exact) mass is 487 g/mol. The fraction of sp³-hybridized carbons (Fsp3) is 0.258. The number of guanidine groups is 1. The predicted octanol–water partition coefficient (Wildman–Crippen LogP) is 5.37. The van der Waals surface area contributed by atoms with Gasteiger partial charge in [0, 0.05) is 20.0 Å². The van der Waals surface area contributed by atoms with Gasteiger partial charge in [0.15, 0.2) is 11.5 Å². The molecule has 0 N–H and O–H groups in total. The molecule has 6 heteroatoms. The molecule has 2 aliphatic heterocycles. The van der Waals surface area contributed by atoms with Gasteiger partial charge in [-0.1, -0.05) is 84.9 Å². The zero-order valence-electron chi connectivity index (χ0n) is 20.9. The van der Waals surface area contributed by atoms with E-state index >= 15 is 0 Å². The van der Waals surface area contributed by atoms with Gasteiger partial charge in [0.2, 0.25) is 5.96 Å². The molecule has 1 aromatic heterocycles. The first kappa shape index (κ1) is 22.0. The maximum absolute atomic E-state index is 13.8. The number of hydrogen-bond acceptors (Lipinski definition) is 4. The van der Waals surface area contributed by atoms with Gasteiger partial charge in [-0.05, 0) is 41.5 Å². The first-order valence-electron chi connectivity index (χ1n) is 13.1. The standard InChI is InChI=1S/C31H29N5O/c1-34-30(37)28-29(36-26-18-10-17-25(26)32-31(34)36)33-27(35(28)20-21-11-4-2-5-12-21)19-23-15-8-9-16-24(23)22-13-6-3-7-14-22/h2-9,11-16,25-26H,10,17-20H2,1H3/t25-,26+/m1/s1. The lowest BCUT2D eigenvalue weighted by Crippen LogP contribution is -2.51. The average Bonchev–Trinajstić information content (AvgIpc) is 3.63. The Kier molecular flexibility index (Phi) is 5.20. The molecule has 0 bridgehead atoms. The minimum Gasteiger partial charge on any atom is -0.317 e. The summed E-state index contributed by atoms with van der Waals surface area (Å²) in [6.45, 7) is 0.597. The maximum Gasteiger partial charge on any atom is 0.280 e. The van der Waals surface area contributed by atoms with Crippen LogP contribution in [0.25, 0.3) is 11.1 Å². The van der Waals surface area contributed by atoms with Gasteiger partial charge in [-0.2, -0.15) is 0 Å². The molecular formula is C31H29N5O. The van der Waals surface area contributed by atoms with Crippen LogP contribution in [-0.2, 0) is 13.0 Å². The zero-order chi connectivity index (χ0) is 24.9. The number of rotatable bonds is 5. The lowest BCUT2D eigenvalue weighted by Gasteiger charge is -2.34. The van der Waals surface area contributed by atoms with Gasteiger partial charge < -0.3 is 4.57 Å². The fourth-order valence-electron chi connectivity index (χ4n) is 6.16. The van der Waals surface area contributed by atoms with E-state index in [2.05, 4.69) is 70.1 Å². The molecule has 1 saturated carbocycles. The van der Waals surface area contributed by atoms with Gasteiger partial charge in [-0.15, -0.1) is 0 Å². The van der Waals surface area contributed by atoms with Crippen molar-refractivity contribution in [2.45, 2.75) is 44.3 Å². The number of anilines is 1. The molecule has 3 heterocycles. The van der Waals surface area contributed by atoms with E-state index in [1.807, 2.05) is 31.3 Å². The number of hydrogen-bond donors (Lipinski definition) is 0. The molecule has 1 amide bonds. The van der Waals surface area contributed by atoms with Crippen molar-refractivity contribution in [2.24, 2.45) is 4.99 Å². The van der Waals surface area contributed by atoms with Crippen molar-refractivity contribution in [3.8, 4) is 11.1 Å². The number of imidazole rings is 1. The van der Waals surface area contributed by atoms with E-state index in [4.69, 9.17) is 9.98 Å². The SMILES string of the molecule is CN1C(=O)c2c(nc(Cc3ccccc3-c3ccccc3)n2Cc2ccccc2)N2C1=N[C@@H]1CCC[C@@H]12. The summed E-state index contributed by atoms with van der Waals surface area (Å²) in [7, 11) is 1.85. The first-order chi connectivity index (χ1) is 18.2. The quantitative estimate of drug-likeness (QED) is 0.380. The highest BCUT2D eigenvalue weighted by molar-refractivity contribution is 6.18. The summed E-state index contributed by atoms with van der Waals surface area (Å²) >= 11 is 0. The first-order valence-corrected chi connectivity index (χ1v) is 13.1. The van der Waals surface area contributed by atoms with Crippen molar-refractivity contribution in [2.75, 3.05) is 11.9 Å². The summed E-state index contributed by atoms with van der Waals surface area (Å²) in [6.07, 6.45) is 3.95. The van der Waals surface area contributed by atoms with E-state index in [0.717, 1.165) is 42.4 Å². The Morgan fingerprint density at radius 2 is 1.62 bits per heavy atom. The number of fused-ring (bicyclic) bond motifs is 5. The second kappa shape index (κ2) is 8.73. The van der Waals surface area contributed by atoms with Crippen LogP contribution in [0.1, 0.15) is 46.7 Å².